The van der Waals surface area contributed by atoms with Crippen molar-refractivity contribution in [2.45, 2.75) is 45.7 Å². The van der Waals surface area contributed by atoms with Gasteiger partial charge >= 0.3 is 0 Å². The molecule has 0 amide bonds. The summed E-state index contributed by atoms with van der Waals surface area (Å²) in [7, 11) is 0. The zero-order chi connectivity index (χ0) is 12.7. The summed E-state index contributed by atoms with van der Waals surface area (Å²) in [6.45, 7) is 10.6. The quantitative estimate of drug-likeness (QED) is 0.689. The molecule has 0 aliphatic carbocycles. The van der Waals surface area contributed by atoms with Gasteiger partial charge in [0.15, 0.2) is 0 Å². The van der Waals surface area contributed by atoms with Crippen LogP contribution < -0.4 is 5.32 Å². The molecule has 0 spiro atoms. The van der Waals surface area contributed by atoms with Crippen molar-refractivity contribution >= 4 is 0 Å². The van der Waals surface area contributed by atoms with E-state index in [4.69, 9.17) is 0 Å². The first-order valence-corrected chi connectivity index (χ1v) is 6.57. The average Bonchev–Trinajstić information content (AvgIpc) is 2.34. The predicted octanol–water partition coefficient (Wildman–Crippen LogP) is 4.33. The molecule has 94 valence electrons. The Morgan fingerprint density at radius 2 is 1.82 bits per heavy atom. The molecule has 17 heavy (non-hydrogen) atoms. The van der Waals surface area contributed by atoms with Gasteiger partial charge in [0.1, 0.15) is 0 Å². The summed E-state index contributed by atoms with van der Waals surface area (Å²) in [6.07, 6.45) is 4.22. The predicted molar refractivity (Wildman–Crippen MR) is 76.0 cm³/mol. The number of rotatable bonds is 7. The van der Waals surface area contributed by atoms with Crippen molar-refractivity contribution in [1.82, 2.24) is 5.32 Å². The van der Waals surface area contributed by atoms with Crippen LogP contribution in [0.1, 0.15) is 45.2 Å². The fourth-order valence-corrected chi connectivity index (χ4v) is 2.09. The van der Waals surface area contributed by atoms with E-state index < -0.39 is 0 Å². The summed E-state index contributed by atoms with van der Waals surface area (Å²) in [5.74, 6) is 0.601. The van der Waals surface area contributed by atoms with Crippen LogP contribution >= 0.6 is 0 Å². The standard InChI is InChI=1S/C16H25N/c1-5-6-10-14(4)17-16(13(2)3)15-11-8-7-9-12-15/h5,7-9,11-14,16-17H,1,6,10H2,2-4H3. The first-order chi connectivity index (χ1) is 8.15. The van der Waals surface area contributed by atoms with Crippen LogP contribution in [0.25, 0.3) is 0 Å². The molecule has 1 N–H and O–H groups in total. The lowest BCUT2D eigenvalue weighted by Crippen LogP contribution is -2.33. The molecule has 0 aliphatic rings. The van der Waals surface area contributed by atoms with Crippen LogP contribution in [0.5, 0.6) is 0 Å². The third-order valence-corrected chi connectivity index (χ3v) is 3.09. The van der Waals surface area contributed by atoms with E-state index in [9.17, 15) is 0 Å². The molecular weight excluding hydrogens is 206 g/mol. The summed E-state index contributed by atoms with van der Waals surface area (Å²) in [6, 6.07) is 11.7. The van der Waals surface area contributed by atoms with Crippen LogP contribution in [0.15, 0.2) is 43.0 Å². The van der Waals surface area contributed by atoms with Crippen LogP contribution in [0.3, 0.4) is 0 Å². The van der Waals surface area contributed by atoms with Crippen LogP contribution in [-0.4, -0.2) is 6.04 Å². The summed E-state index contributed by atoms with van der Waals surface area (Å²) in [4.78, 5) is 0. The van der Waals surface area contributed by atoms with E-state index in [0.29, 0.717) is 18.0 Å². The van der Waals surface area contributed by atoms with Crippen molar-refractivity contribution < 1.29 is 0 Å². The molecular formula is C16H25N. The monoisotopic (exact) mass is 231 g/mol. The van der Waals surface area contributed by atoms with Gasteiger partial charge in [0, 0.05) is 12.1 Å². The van der Waals surface area contributed by atoms with Gasteiger partial charge in [-0.25, -0.2) is 0 Å². The highest BCUT2D eigenvalue weighted by atomic mass is 14.9. The molecule has 1 heteroatoms. The molecule has 0 fully saturated rings. The zero-order valence-electron chi connectivity index (χ0n) is 11.3. The highest BCUT2D eigenvalue weighted by molar-refractivity contribution is 5.19. The van der Waals surface area contributed by atoms with Crippen LogP contribution in [0.4, 0.5) is 0 Å². The molecule has 2 atom stereocenters. The third kappa shape index (κ3) is 4.74. The van der Waals surface area contributed by atoms with Gasteiger partial charge in [0.25, 0.3) is 0 Å². The van der Waals surface area contributed by atoms with Crippen LogP contribution in [-0.2, 0) is 0 Å². The minimum Gasteiger partial charge on any atom is -0.307 e. The maximum Gasteiger partial charge on any atom is 0.0345 e. The number of nitrogens with one attached hydrogen (secondary N) is 1. The minimum absolute atomic E-state index is 0.441. The van der Waals surface area contributed by atoms with Crippen molar-refractivity contribution in [3.8, 4) is 0 Å². The Morgan fingerprint density at radius 3 is 2.35 bits per heavy atom. The maximum absolute atomic E-state index is 3.78. The van der Waals surface area contributed by atoms with E-state index in [2.05, 4.69) is 63.0 Å². The number of benzene rings is 1. The van der Waals surface area contributed by atoms with E-state index in [0.717, 1.165) is 12.8 Å². The smallest absolute Gasteiger partial charge is 0.0345 e. The molecule has 0 aliphatic heterocycles. The number of hydrogen-bond donors (Lipinski definition) is 1. The molecule has 0 saturated carbocycles. The molecule has 0 heterocycles. The van der Waals surface area contributed by atoms with Crippen molar-refractivity contribution in [2.24, 2.45) is 5.92 Å². The van der Waals surface area contributed by atoms with Gasteiger partial charge in [0.2, 0.25) is 0 Å². The third-order valence-electron chi connectivity index (χ3n) is 3.09. The molecule has 1 aromatic carbocycles. The van der Waals surface area contributed by atoms with E-state index in [-0.39, 0.29) is 0 Å². The largest absolute Gasteiger partial charge is 0.307 e. The lowest BCUT2D eigenvalue weighted by molar-refractivity contribution is 0.360. The van der Waals surface area contributed by atoms with E-state index in [1.165, 1.54) is 5.56 Å². The summed E-state index contributed by atoms with van der Waals surface area (Å²) in [5, 5.41) is 3.72. The topological polar surface area (TPSA) is 12.0 Å². The lowest BCUT2D eigenvalue weighted by atomic mass is 9.95. The average molecular weight is 231 g/mol. The Balaban J connectivity index is 2.64. The van der Waals surface area contributed by atoms with Gasteiger partial charge in [0.05, 0.1) is 0 Å². The maximum atomic E-state index is 3.78. The summed E-state index contributed by atoms with van der Waals surface area (Å²) < 4.78 is 0. The molecule has 0 radical (unpaired) electrons. The molecule has 1 aromatic rings. The zero-order valence-corrected chi connectivity index (χ0v) is 11.3. The Labute approximate surface area is 106 Å². The molecule has 0 saturated heterocycles. The Morgan fingerprint density at radius 1 is 1.18 bits per heavy atom. The normalized spacial score (nSPS) is 14.6. The minimum atomic E-state index is 0.441. The number of hydrogen-bond acceptors (Lipinski definition) is 1. The molecule has 0 aromatic heterocycles. The van der Waals surface area contributed by atoms with Crippen LogP contribution in [0.2, 0.25) is 0 Å². The van der Waals surface area contributed by atoms with Crippen molar-refractivity contribution in [2.75, 3.05) is 0 Å². The molecule has 2 unspecified atom stereocenters. The van der Waals surface area contributed by atoms with Gasteiger partial charge in [-0.05, 0) is 31.2 Å². The highest BCUT2D eigenvalue weighted by Crippen LogP contribution is 2.22. The first-order valence-electron chi connectivity index (χ1n) is 6.57. The molecule has 0 bridgehead atoms. The van der Waals surface area contributed by atoms with Crippen molar-refractivity contribution in [3.63, 3.8) is 0 Å². The number of allylic oxidation sites excluding steroid dienone is 1. The summed E-state index contributed by atoms with van der Waals surface area (Å²) >= 11 is 0. The van der Waals surface area contributed by atoms with Gasteiger partial charge in [-0.1, -0.05) is 50.3 Å². The first kappa shape index (κ1) is 14.0. The Bertz CT molecular complexity index is 316. The van der Waals surface area contributed by atoms with E-state index >= 15 is 0 Å². The van der Waals surface area contributed by atoms with E-state index in [1.807, 2.05) is 6.08 Å². The summed E-state index contributed by atoms with van der Waals surface area (Å²) in [5.41, 5.74) is 1.38. The second-order valence-corrected chi connectivity index (χ2v) is 5.07. The molecule has 1 rings (SSSR count). The fourth-order valence-electron chi connectivity index (χ4n) is 2.09. The lowest BCUT2D eigenvalue weighted by Gasteiger charge is -2.27. The Kier molecular flexibility index (Phi) is 5.99. The van der Waals surface area contributed by atoms with Crippen molar-refractivity contribution in [3.05, 3.63) is 48.6 Å². The second kappa shape index (κ2) is 7.29. The van der Waals surface area contributed by atoms with Gasteiger partial charge < -0.3 is 5.32 Å². The molecule has 1 nitrogen and oxygen atoms in total. The highest BCUT2D eigenvalue weighted by Gasteiger charge is 2.17. The van der Waals surface area contributed by atoms with Gasteiger partial charge in [-0.2, -0.15) is 0 Å². The van der Waals surface area contributed by atoms with Crippen molar-refractivity contribution in [1.29, 1.82) is 0 Å². The SMILES string of the molecule is C=CCCC(C)NC(c1ccccc1)C(C)C. The Hall–Kier alpha value is -1.08. The van der Waals surface area contributed by atoms with Crippen LogP contribution in [0, 0.1) is 5.92 Å². The van der Waals surface area contributed by atoms with Gasteiger partial charge in [-0.3, -0.25) is 0 Å². The van der Waals surface area contributed by atoms with E-state index in [1.54, 1.807) is 0 Å². The second-order valence-electron chi connectivity index (χ2n) is 5.07. The van der Waals surface area contributed by atoms with Gasteiger partial charge in [-0.15, -0.1) is 6.58 Å². The fraction of sp³-hybridized carbons (Fsp3) is 0.500.